The third-order valence-electron chi connectivity index (χ3n) is 4.27. The van der Waals surface area contributed by atoms with E-state index in [1.807, 2.05) is 31.2 Å². The Bertz CT molecular complexity index is 530. The predicted molar refractivity (Wildman–Crippen MR) is 82.3 cm³/mol. The number of hydrogen-bond donors (Lipinski definition) is 2. The van der Waals surface area contributed by atoms with Crippen LogP contribution in [0.5, 0.6) is 0 Å². The summed E-state index contributed by atoms with van der Waals surface area (Å²) in [7, 11) is 0. The fraction of sp³-hybridized carbons (Fsp3) is 0.500. The summed E-state index contributed by atoms with van der Waals surface area (Å²) in [4.78, 5) is 25.5. The Hall–Kier alpha value is -2.04. The Morgan fingerprint density at radius 1 is 1.29 bits per heavy atom. The van der Waals surface area contributed by atoms with Crippen LogP contribution in [0.4, 0.5) is 5.69 Å². The monoisotopic (exact) mass is 289 g/mol. The summed E-state index contributed by atoms with van der Waals surface area (Å²) in [5.41, 5.74) is 13.0. The van der Waals surface area contributed by atoms with Crippen LogP contribution in [-0.2, 0) is 16.0 Å². The SMILES string of the molecule is CC1CCC(C(N)=O)CN1C(=O)CCc1ccccc1N. The van der Waals surface area contributed by atoms with E-state index in [1.165, 1.54) is 0 Å². The molecule has 2 rings (SSSR count). The average Bonchev–Trinajstić information content (AvgIpc) is 2.46. The molecule has 0 radical (unpaired) electrons. The molecular weight excluding hydrogens is 266 g/mol. The zero-order valence-corrected chi connectivity index (χ0v) is 12.4. The highest BCUT2D eigenvalue weighted by Gasteiger charge is 2.31. The molecule has 1 heterocycles. The van der Waals surface area contributed by atoms with Crippen LogP contribution in [0, 0.1) is 5.92 Å². The van der Waals surface area contributed by atoms with Gasteiger partial charge in [-0.1, -0.05) is 18.2 Å². The van der Waals surface area contributed by atoms with E-state index in [0.29, 0.717) is 25.1 Å². The van der Waals surface area contributed by atoms with Gasteiger partial charge < -0.3 is 16.4 Å². The minimum absolute atomic E-state index is 0.0664. The second-order valence-electron chi connectivity index (χ2n) is 5.77. The Morgan fingerprint density at radius 2 is 2.00 bits per heavy atom. The number of amides is 2. The van der Waals surface area contributed by atoms with Crippen LogP contribution in [-0.4, -0.2) is 29.3 Å². The first-order valence-electron chi connectivity index (χ1n) is 7.41. The number of nitrogens with zero attached hydrogens (tertiary/aromatic N) is 1. The number of nitrogen functional groups attached to an aromatic ring is 1. The smallest absolute Gasteiger partial charge is 0.223 e. The maximum Gasteiger partial charge on any atom is 0.223 e. The molecule has 5 nitrogen and oxygen atoms in total. The van der Waals surface area contributed by atoms with E-state index in [-0.39, 0.29) is 23.8 Å². The maximum absolute atomic E-state index is 12.4. The minimum atomic E-state index is -0.313. The molecule has 0 saturated carbocycles. The van der Waals surface area contributed by atoms with Crippen LogP contribution in [0.2, 0.25) is 0 Å². The zero-order chi connectivity index (χ0) is 15.4. The van der Waals surface area contributed by atoms with Crippen molar-refractivity contribution < 1.29 is 9.59 Å². The van der Waals surface area contributed by atoms with Crippen LogP contribution in [0.1, 0.15) is 31.7 Å². The zero-order valence-electron chi connectivity index (χ0n) is 12.4. The van der Waals surface area contributed by atoms with Gasteiger partial charge in [0.1, 0.15) is 0 Å². The number of nitrogens with two attached hydrogens (primary N) is 2. The molecule has 1 aromatic rings. The highest BCUT2D eigenvalue weighted by Crippen LogP contribution is 2.23. The van der Waals surface area contributed by atoms with E-state index in [0.717, 1.165) is 18.4 Å². The molecule has 2 amide bonds. The maximum atomic E-state index is 12.4. The second kappa shape index (κ2) is 6.61. The highest BCUT2D eigenvalue weighted by molar-refractivity contribution is 5.80. The van der Waals surface area contributed by atoms with Gasteiger partial charge in [-0.25, -0.2) is 0 Å². The summed E-state index contributed by atoms with van der Waals surface area (Å²) in [5.74, 6) is -0.462. The van der Waals surface area contributed by atoms with Crippen molar-refractivity contribution in [2.45, 2.75) is 38.6 Å². The second-order valence-corrected chi connectivity index (χ2v) is 5.77. The molecule has 114 valence electrons. The van der Waals surface area contributed by atoms with Gasteiger partial charge in [0.2, 0.25) is 11.8 Å². The fourth-order valence-corrected chi connectivity index (χ4v) is 2.83. The molecule has 21 heavy (non-hydrogen) atoms. The van der Waals surface area contributed by atoms with Crippen molar-refractivity contribution in [3.8, 4) is 0 Å². The number of para-hydroxylation sites is 1. The van der Waals surface area contributed by atoms with Crippen molar-refractivity contribution in [2.24, 2.45) is 11.7 Å². The third kappa shape index (κ3) is 3.74. The number of carbonyl (C=O) groups excluding carboxylic acids is 2. The van der Waals surface area contributed by atoms with E-state index in [9.17, 15) is 9.59 Å². The van der Waals surface area contributed by atoms with Crippen LogP contribution in [0.15, 0.2) is 24.3 Å². The van der Waals surface area contributed by atoms with Gasteiger partial charge in [0, 0.05) is 24.7 Å². The molecular formula is C16H23N3O2. The van der Waals surface area contributed by atoms with Gasteiger partial charge in [-0.15, -0.1) is 0 Å². The lowest BCUT2D eigenvalue weighted by atomic mass is 9.92. The van der Waals surface area contributed by atoms with E-state index in [2.05, 4.69) is 0 Å². The largest absolute Gasteiger partial charge is 0.399 e. The van der Waals surface area contributed by atoms with Crippen molar-refractivity contribution >= 4 is 17.5 Å². The lowest BCUT2D eigenvalue weighted by Crippen LogP contribution is -2.48. The first kappa shape index (κ1) is 15.4. The quantitative estimate of drug-likeness (QED) is 0.819. The lowest BCUT2D eigenvalue weighted by molar-refractivity contribution is -0.137. The first-order chi connectivity index (χ1) is 9.99. The van der Waals surface area contributed by atoms with Crippen molar-refractivity contribution in [3.05, 3.63) is 29.8 Å². The Kier molecular flexibility index (Phi) is 4.83. The molecule has 0 spiro atoms. The molecule has 1 saturated heterocycles. The number of carbonyl (C=O) groups is 2. The molecule has 0 bridgehead atoms. The molecule has 2 atom stereocenters. The van der Waals surface area contributed by atoms with Crippen LogP contribution < -0.4 is 11.5 Å². The fourth-order valence-electron chi connectivity index (χ4n) is 2.83. The summed E-state index contributed by atoms with van der Waals surface area (Å²) in [6, 6.07) is 7.75. The molecule has 0 aliphatic carbocycles. The van der Waals surface area contributed by atoms with E-state index >= 15 is 0 Å². The molecule has 4 N–H and O–H groups in total. The molecule has 2 unspecified atom stereocenters. The van der Waals surface area contributed by atoms with Crippen molar-refractivity contribution in [2.75, 3.05) is 12.3 Å². The number of piperidine rings is 1. The summed E-state index contributed by atoms with van der Waals surface area (Å²) in [6.45, 7) is 2.46. The number of anilines is 1. The molecule has 5 heteroatoms. The number of hydrogen-bond acceptors (Lipinski definition) is 3. The van der Waals surface area contributed by atoms with E-state index in [4.69, 9.17) is 11.5 Å². The average molecular weight is 289 g/mol. The number of rotatable bonds is 4. The molecule has 1 fully saturated rings. The molecule has 1 aliphatic heterocycles. The number of benzene rings is 1. The van der Waals surface area contributed by atoms with Crippen molar-refractivity contribution in [1.29, 1.82) is 0 Å². The van der Waals surface area contributed by atoms with Gasteiger partial charge in [-0.3, -0.25) is 9.59 Å². The first-order valence-corrected chi connectivity index (χ1v) is 7.41. The third-order valence-corrected chi connectivity index (χ3v) is 4.27. The summed E-state index contributed by atoms with van der Waals surface area (Å²) in [5, 5.41) is 0. The van der Waals surface area contributed by atoms with Crippen LogP contribution in [0.3, 0.4) is 0 Å². The Balaban J connectivity index is 1.95. The summed E-state index contributed by atoms with van der Waals surface area (Å²) >= 11 is 0. The van der Waals surface area contributed by atoms with Gasteiger partial charge in [0.05, 0.1) is 5.92 Å². The lowest BCUT2D eigenvalue weighted by Gasteiger charge is -2.37. The van der Waals surface area contributed by atoms with E-state index in [1.54, 1.807) is 4.90 Å². The van der Waals surface area contributed by atoms with Gasteiger partial charge in [-0.2, -0.15) is 0 Å². The Labute approximate surface area is 125 Å². The van der Waals surface area contributed by atoms with Gasteiger partial charge in [0.25, 0.3) is 0 Å². The normalized spacial score (nSPS) is 22.0. The summed E-state index contributed by atoms with van der Waals surface area (Å²) in [6.07, 6.45) is 2.62. The number of likely N-dealkylation sites (tertiary alicyclic amines) is 1. The van der Waals surface area contributed by atoms with Crippen LogP contribution in [0.25, 0.3) is 0 Å². The molecule has 1 aliphatic rings. The number of aryl methyl sites for hydroxylation is 1. The topological polar surface area (TPSA) is 89.4 Å². The highest BCUT2D eigenvalue weighted by atomic mass is 16.2. The predicted octanol–water partition coefficient (Wildman–Crippen LogP) is 1.31. The van der Waals surface area contributed by atoms with E-state index < -0.39 is 0 Å². The number of primary amides is 1. The standard InChI is InChI=1S/C16H23N3O2/c1-11-6-7-13(16(18)21)10-19(11)15(20)9-8-12-4-2-3-5-14(12)17/h2-5,11,13H,6-10,17H2,1H3,(H2,18,21). The van der Waals surface area contributed by atoms with Gasteiger partial charge in [-0.05, 0) is 37.8 Å². The molecule has 1 aromatic carbocycles. The van der Waals surface area contributed by atoms with Gasteiger partial charge in [0.15, 0.2) is 0 Å². The summed E-state index contributed by atoms with van der Waals surface area (Å²) < 4.78 is 0. The van der Waals surface area contributed by atoms with Crippen molar-refractivity contribution in [3.63, 3.8) is 0 Å². The van der Waals surface area contributed by atoms with Crippen molar-refractivity contribution in [1.82, 2.24) is 4.90 Å². The van der Waals surface area contributed by atoms with Gasteiger partial charge >= 0.3 is 0 Å². The minimum Gasteiger partial charge on any atom is -0.399 e. The van der Waals surface area contributed by atoms with Crippen LogP contribution >= 0.6 is 0 Å². The molecule has 0 aromatic heterocycles. The Morgan fingerprint density at radius 3 is 2.67 bits per heavy atom.